The van der Waals surface area contributed by atoms with E-state index in [1.165, 1.54) is 0 Å². The van der Waals surface area contributed by atoms with Gasteiger partial charge in [0.1, 0.15) is 6.04 Å². The number of nitrogens with zero attached hydrogens (tertiary/aromatic N) is 1. The van der Waals surface area contributed by atoms with E-state index in [1.807, 2.05) is 43.0 Å². The van der Waals surface area contributed by atoms with Gasteiger partial charge in [0.15, 0.2) is 5.78 Å². The highest BCUT2D eigenvalue weighted by atomic mass is 16.5. The van der Waals surface area contributed by atoms with Crippen molar-refractivity contribution >= 4 is 17.4 Å². The number of anilines is 1. The Kier molecular flexibility index (Phi) is 5.37. The Bertz CT molecular complexity index is 513. The molecule has 1 aromatic rings. The van der Waals surface area contributed by atoms with Crippen LogP contribution < -0.4 is 4.90 Å². The Labute approximate surface area is 126 Å². The molecule has 1 fully saturated rings. The van der Waals surface area contributed by atoms with Crippen LogP contribution in [-0.2, 0) is 9.53 Å². The van der Waals surface area contributed by atoms with E-state index in [9.17, 15) is 9.59 Å². The number of para-hydroxylation sites is 1. The molecule has 0 spiro atoms. The molecule has 1 atom stereocenters. The average Bonchev–Trinajstić information content (AvgIpc) is 2.54. The first-order valence-corrected chi connectivity index (χ1v) is 7.74. The van der Waals surface area contributed by atoms with Crippen molar-refractivity contribution in [3.8, 4) is 0 Å². The zero-order chi connectivity index (χ0) is 15.2. The first-order valence-electron chi connectivity index (χ1n) is 7.74. The van der Waals surface area contributed by atoms with Crippen LogP contribution in [0.3, 0.4) is 0 Å². The van der Waals surface area contributed by atoms with Gasteiger partial charge in [0, 0.05) is 24.2 Å². The van der Waals surface area contributed by atoms with E-state index >= 15 is 0 Å². The number of hydrogen-bond donors (Lipinski definition) is 0. The lowest BCUT2D eigenvalue weighted by molar-refractivity contribution is -0.145. The number of rotatable bonds is 5. The molecular formula is C17H23NO3. The fourth-order valence-corrected chi connectivity index (χ4v) is 2.85. The minimum absolute atomic E-state index is 0.110. The third-order valence-electron chi connectivity index (χ3n) is 3.90. The summed E-state index contributed by atoms with van der Waals surface area (Å²) in [5, 5.41) is 0. The molecule has 4 heteroatoms. The SMILES string of the molecule is CCOC(=O)C1CCCCN1c1ccccc1C(=O)CC. The highest BCUT2D eigenvalue weighted by Crippen LogP contribution is 2.29. The fourth-order valence-electron chi connectivity index (χ4n) is 2.85. The maximum atomic E-state index is 12.2. The number of ketones is 1. The second kappa shape index (κ2) is 7.25. The van der Waals surface area contributed by atoms with Crippen LogP contribution in [0.25, 0.3) is 0 Å². The van der Waals surface area contributed by atoms with Gasteiger partial charge in [-0.2, -0.15) is 0 Å². The number of carbonyl (C=O) groups is 2. The molecular weight excluding hydrogens is 266 g/mol. The Morgan fingerprint density at radius 1 is 1.24 bits per heavy atom. The molecule has 0 aromatic heterocycles. The molecule has 0 radical (unpaired) electrons. The molecule has 114 valence electrons. The lowest BCUT2D eigenvalue weighted by atomic mass is 9.98. The van der Waals surface area contributed by atoms with E-state index in [2.05, 4.69) is 0 Å². The van der Waals surface area contributed by atoms with Gasteiger partial charge in [0.25, 0.3) is 0 Å². The summed E-state index contributed by atoms with van der Waals surface area (Å²) in [7, 11) is 0. The second-order valence-corrected chi connectivity index (χ2v) is 5.25. The van der Waals surface area contributed by atoms with Gasteiger partial charge in [-0.15, -0.1) is 0 Å². The summed E-state index contributed by atoms with van der Waals surface area (Å²) in [6, 6.07) is 7.29. The van der Waals surface area contributed by atoms with Gasteiger partial charge < -0.3 is 9.64 Å². The first-order chi connectivity index (χ1) is 10.2. The molecule has 2 rings (SSSR count). The lowest BCUT2D eigenvalue weighted by Crippen LogP contribution is -2.46. The van der Waals surface area contributed by atoms with Gasteiger partial charge in [-0.25, -0.2) is 4.79 Å². The number of benzene rings is 1. The zero-order valence-corrected chi connectivity index (χ0v) is 12.8. The normalized spacial score (nSPS) is 18.4. The van der Waals surface area contributed by atoms with Gasteiger partial charge in [0.2, 0.25) is 0 Å². The minimum atomic E-state index is -0.274. The lowest BCUT2D eigenvalue weighted by Gasteiger charge is -2.36. The van der Waals surface area contributed by atoms with E-state index in [0.717, 1.165) is 31.5 Å². The molecule has 0 N–H and O–H groups in total. The Morgan fingerprint density at radius 3 is 2.71 bits per heavy atom. The monoisotopic (exact) mass is 289 g/mol. The fraction of sp³-hybridized carbons (Fsp3) is 0.529. The number of piperidine rings is 1. The highest BCUT2D eigenvalue weighted by molar-refractivity contribution is 6.01. The first kappa shape index (κ1) is 15.5. The quantitative estimate of drug-likeness (QED) is 0.617. The molecule has 0 amide bonds. The van der Waals surface area contributed by atoms with E-state index in [4.69, 9.17) is 4.74 Å². The van der Waals surface area contributed by atoms with Crippen molar-refractivity contribution in [2.24, 2.45) is 0 Å². The summed E-state index contributed by atoms with van der Waals surface area (Å²) in [4.78, 5) is 26.4. The van der Waals surface area contributed by atoms with Crippen molar-refractivity contribution in [1.82, 2.24) is 0 Å². The van der Waals surface area contributed by atoms with E-state index in [0.29, 0.717) is 18.6 Å². The molecule has 0 bridgehead atoms. The Morgan fingerprint density at radius 2 is 2.00 bits per heavy atom. The number of ether oxygens (including phenoxy) is 1. The van der Waals surface area contributed by atoms with Crippen molar-refractivity contribution < 1.29 is 14.3 Å². The summed E-state index contributed by atoms with van der Waals surface area (Å²) in [6.45, 7) is 4.86. The molecule has 1 aliphatic rings. The topological polar surface area (TPSA) is 46.6 Å². The number of Topliss-reactive ketones (excluding diaryl/α,β-unsaturated/α-hetero) is 1. The van der Waals surface area contributed by atoms with Crippen molar-refractivity contribution in [3.05, 3.63) is 29.8 Å². The molecule has 0 saturated carbocycles. The maximum absolute atomic E-state index is 12.2. The van der Waals surface area contributed by atoms with Gasteiger partial charge >= 0.3 is 5.97 Å². The van der Waals surface area contributed by atoms with Crippen LogP contribution in [0.5, 0.6) is 0 Å². The van der Waals surface area contributed by atoms with Crippen LogP contribution in [0.1, 0.15) is 49.9 Å². The standard InChI is InChI=1S/C17H23NO3/c1-3-16(19)13-9-5-6-10-14(13)18-12-8-7-11-15(18)17(20)21-4-2/h5-6,9-10,15H,3-4,7-8,11-12H2,1-2H3. The molecule has 1 aliphatic heterocycles. The molecule has 1 heterocycles. The van der Waals surface area contributed by atoms with Gasteiger partial charge in [0.05, 0.1) is 6.61 Å². The highest BCUT2D eigenvalue weighted by Gasteiger charge is 2.31. The summed E-state index contributed by atoms with van der Waals surface area (Å²) in [5.74, 6) is -0.0743. The van der Waals surface area contributed by atoms with Crippen LogP contribution in [-0.4, -0.2) is 30.9 Å². The van der Waals surface area contributed by atoms with E-state index in [-0.39, 0.29) is 17.8 Å². The summed E-state index contributed by atoms with van der Waals surface area (Å²) >= 11 is 0. The number of carbonyl (C=O) groups excluding carboxylic acids is 2. The van der Waals surface area contributed by atoms with Crippen molar-refractivity contribution in [3.63, 3.8) is 0 Å². The third-order valence-corrected chi connectivity index (χ3v) is 3.90. The molecule has 1 saturated heterocycles. The van der Waals surface area contributed by atoms with Crippen LogP contribution in [0, 0.1) is 0 Å². The van der Waals surface area contributed by atoms with Gasteiger partial charge in [-0.1, -0.05) is 19.1 Å². The van der Waals surface area contributed by atoms with E-state index in [1.54, 1.807) is 0 Å². The summed E-state index contributed by atoms with van der Waals surface area (Å²) in [5.41, 5.74) is 1.57. The molecule has 21 heavy (non-hydrogen) atoms. The number of esters is 1. The van der Waals surface area contributed by atoms with Crippen LogP contribution in [0.15, 0.2) is 24.3 Å². The Hall–Kier alpha value is -1.84. The van der Waals surface area contributed by atoms with Crippen molar-refractivity contribution in [2.45, 2.75) is 45.6 Å². The van der Waals surface area contributed by atoms with Crippen LogP contribution in [0.4, 0.5) is 5.69 Å². The molecule has 1 aromatic carbocycles. The Balaban J connectivity index is 2.33. The third kappa shape index (κ3) is 3.43. The van der Waals surface area contributed by atoms with Crippen LogP contribution in [0.2, 0.25) is 0 Å². The average molecular weight is 289 g/mol. The summed E-state index contributed by atoms with van der Waals surface area (Å²) in [6.07, 6.45) is 3.30. The van der Waals surface area contributed by atoms with Crippen LogP contribution >= 0.6 is 0 Å². The molecule has 1 unspecified atom stereocenters. The maximum Gasteiger partial charge on any atom is 0.328 e. The van der Waals surface area contributed by atoms with E-state index < -0.39 is 0 Å². The predicted octanol–water partition coefficient (Wildman–Crippen LogP) is 3.20. The summed E-state index contributed by atoms with van der Waals surface area (Å²) < 4.78 is 5.19. The number of hydrogen-bond acceptors (Lipinski definition) is 4. The predicted molar refractivity (Wildman–Crippen MR) is 82.7 cm³/mol. The van der Waals surface area contributed by atoms with Crippen molar-refractivity contribution in [1.29, 1.82) is 0 Å². The largest absolute Gasteiger partial charge is 0.464 e. The molecule has 0 aliphatic carbocycles. The van der Waals surface area contributed by atoms with Gasteiger partial charge in [-0.3, -0.25) is 4.79 Å². The zero-order valence-electron chi connectivity index (χ0n) is 12.8. The molecule has 4 nitrogen and oxygen atoms in total. The smallest absolute Gasteiger partial charge is 0.328 e. The van der Waals surface area contributed by atoms with Gasteiger partial charge in [-0.05, 0) is 38.3 Å². The second-order valence-electron chi connectivity index (χ2n) is 5.25. The van der Waals surface area contributed by atoms with Crippen molar-refractivity contribution in [2.75, 3.05) is 18.1 Å². The minimum Gasteiger partial charge on any atom is -0.464 e.